The minimum Gasteiger partial charge on any atom is -0.497 e. The quantitative estimate of drug-likeness (QED) is 0.444. The first kappa shape index (κ1) is 23.1. The van der Waals surface area contributed by atoms with Gasteiger partial charge in [0.25, 0.3) is 0 Å². The van der Waals surface area contributed by atoms with Crippen molar-refractivity contribution in [1.29, 1.82) is 0 Å². The number of aromatic nitrogens is 3. The number of hydrogen-bond donors (Lipinski definition) is 0. The van der Waals surface area contributed by atoms with Gasteiger partial charge in [-0.3, -0.25) is 19.1 Å². The van der Waals surface area contributed by atoms with Crippen molar-refractivity contribution in [3.05, 3.63) is 58.9 Å². The number of ether oxygens (including phenoxy) is 2. The van der Waals surface area contributed by atoms with E-state index in [1.165, 1.54) is 16.7 Å². The van der Waals surface area contributed by atoms with Crippen LogP contribution in [0.15, 0.2) is 47.6 Å². The van der Waals surface area contributed by atoms with Crippen LogP contribution in [-0.4, -0.2) is 50.9 Å². The van der Waals surface area contributed by atoms with Gasteiger partial charge in [-0.15, -0.1) is 10.2 Å². The zero-order valence-electron chi connectivity index (χ0n) is 18.3. The molecule has 1 saturated heterocycles. The maximum atomic E-state index is 12.5. The number of likely N-dealkylation sites (tertiary alicyclic amines) is 1. The number of halogens is 1. The molecule has 0 unspecified atom stereocenters. The van der Waals surface area contributed by atoms with Gasteiger partial charge in [0.15, 0.2) is 11.0 Å². The molecule has 2 amide bonds. The van der Waals surface area contributed by atoms with Crippen LogP contribution < -0.4 is 9.47 Å². The summed E-state index contributed by atoms with van der Waals surface area (Å²) in [4.78, 5) is 25.7. The van der Waals surface area contributed by atoms with Crippen molar-refractivity contribution in [2.24, 2.45) is 0 Å². The first-order valence-electron chi connectivity index (χ1n) is 10.4. The second kappa shape index (κ2) is 10.3. The van der Waals surface area contributed by atoms with Gasteiger partial charge in [-0.25, -0.2) is 0 Å². The summed E-state index contributed by atoms with van der Waals surface area (Å²) in [7, 11) is 1.61. The lowest BCUT2D eigenvalue weighted by molar-refractivity contribution is -0.140. The molecule has 0 spiro atoms. The van der Waals surface area contributed by atoms with Crippen molar-refractivity contribution in [2.45, 2.75) is 31.5 Å². The number of thioether (sulfide) groups is 1. The molecule has 1 aliphatic heterocycles. The van der Waals surface area contributed by atoms with Gasteiger partial charge in [0.05, 0.1) is 18.6 Å². The zero-order valence-corrected chi connectivity index (χ0v) is 19.9. The van der Waals surface area contributed by atoms with Gasteiger partial charge >= 0.3 is 0 Å². The van der Waals surface area contributed by atoms with Crippen molar-refractivity contribution >= 4 is 35.2 Å². The summed E-state index contributed by atoms with van der Waals surface area (Å²) in [6, 6.07) is 12.9. The Balaban J connectivity index is 1.56. The topological polar surface area (TPSA) is 86.6 Å². The number of amides is 2. The Labute approximate surface area is 200 Å². The molecule has 8 nitrogen and oxygen atoms in total. The fourth-order valence-electron chi connectivity index (χ4n) is 3.40. The van der Waals surface area contributed by atoms with Crippen LogP contribution in [0.3, 0.4) is 0 Å². The van der Waals surface area contributed by atoms with Crippen LogP contribution in [0.4, 0.5) is 0 Å². The molecule has 1 aromatic heterocycles. The number of aryl methyl sites for hydroxylation is 1. The Morgan fingerprint density at radius 2 is 1.91 bits per heavy atom. The smallest absolute Gasteiger partial charge is 0.239 e. The van der Waals surface area contributed by atoms with Crippen LogP contribution in [0.2, 0.25) is 5.02 Å². The van der Waals surface area contributed by atoms with Crippen LogP contribution in [0.5, 0.6) is 11.5 Å². The summed E-state index contributed by atoms with van der Waals surface area (Å²) < 4.78 is 12.9. The molecule has 2 heterocycles. The molecule has 10 heteroatoms. The standard InChI is InChI=1S/C23H23ClN4O4S/c1-15-5-6-16(12-19(15)24)28-20(13-32-18-9-7-17(31-2)8-10-18)25-26-23(28)33-14-22(30)27-11-3-4-21(27)29/h5-10,12H,3-4,11,13-14H2,1-2H3. The second-order valence-corrected chi connectivity index (χ2v) is 8.81. The molecule has 0 saturated carbocycles. The van der Waals surface area contributed by atoms with Gasteiger partial charge in [-0.1, -0.05) is 29.4 Å². The third-order valence-electron chi connectivity index (χ3n) is 5.24. The lowest BCUT2D eigenvalue weighted by Crippen LogP contribution is -2.33. The average molecular weight is 487 g/mol. The van der Waals surface area contributed by atoms with Gasteiger partial charge < -0.3 is 9.47 Å². The number of imide groups is 1. The van der Waals surface area contributed by atoms with Gasteiger partial charge in [-0.05, 0) is 55.3 Å². The molecule has 1 fully saturated rings. The molecule has 0 atom stereocenters. The fourth-order valence-corrected chi connectivity index (χ4v) is 4.43. The van der Waals surface area contributed by atoms with Crippen LogP contribution in [0.1, 0.15) is 24.2 Å². The minimum absolute atomic E-state index is 0.0861. The molecular formula is C23H23ClN4O4S. The fraction of sp³-hybridized carbons (Fsp3) is 0.304. The van der Waals surface area contributed by atoms with Crippen molar-refractivity contribution in [1.82, 2.24) is 19.7 Å². The van der Waals surface area contributed by atoms with E-state index in [-0.39, 0.29) is 24.2 Å². The normalized spacial score (nSPS) is 13.4. The predicted octanol–water partition coefficient (Wildman–Crippen LogP) is 4.06. The number of nitrogens with zero attached hydrogens (tertiary/aromatic N) is 4. The molecule has 0 N–H and O–H groups in total. The van der Waals surface area contributed by atoms with Crippen LogP contribution in [0, 0.1) is 6.92 Å². The minimum atomic E-state index is -0.227. The van der Waals surface area contributed by atoms with Gasteiger partial charge in [0.1, 0.15) is 18.1 Å². The van der Waals surface area contributed by atoms with E-state index in [1.807, 2.05) is 54.0 Å². The van der Waals surface area contributed by atoms with Gasteiger partial charge in [-0.2, -0.15) is 0 Å². The molecule has 172 valence electrons. The largest absolute Gasteiger partial charge is 0.497 e. The zero-order chi connectivity index (χ0) is 23.4. The Kier molecular flexibility index (Phi) is 7.20. The summed E-state index contributed by atoms with van der Waals surface area (Å²) in [6.45, 7) is 2.55. The van der Waals surface area contributed by atoms with E-state index in [0.717, 1.165) is 17.0 Å². The molecule has 33 heavy (non-hydrogen) atoms. The molecule has 0 bridgehead atoms. The van der Waals surface area contributed by atoms with E-state index in [4.69, 9.17) is 21.1 Å². The van der Waals surface area contributed by atoms with Crippen molar-refractivity contribution in [3.8, 4) is 17.2 Å². The van der Waals surface area contributed by atoms with Crippen LogP contribution >= 0.6 is 23.4 Å². The van der Waals surface area contributed by atoms with E-state index < -0.39 is 0 Å². The van der Waals surface area contributed by atoms with Crippen LogP contribution in [-0.2, 0) is 16.2 Å². The molecule has 0 radical (unpaired) electrons. The van der Waals surface area contributed by atoms with Crippen molar-refractivity contribution < 1.29 is 19.1 Å². The number of carbonyl (C=O) groups excluding carboxylic acids is 2. The van der Waals surface area contributed by atoms with Gasteiger partial charge in [0.2, 0.25) is 11.8 Å². The van der Waals surface area contributed by atoms with E-state index in [9.17, 15) is 9.59 Å². The van der Waals surface area contributed by atoms with Crippen molar-refractivity contribution in [2.75, 3.05) is 19.4 Å². The van der Waals surface area contributed by atoms with E-state index in [2.05, 4.69) is 10.2 Å². The monoisotopic (exact) mass is 486 g/mol. The van der Waals surface area contributed by atoms with Crippen LogP contribution in [0.25, 0.3) is 5.69 Å². The number of carbonyl (C=O) groups is 2. The molecule has 1 aliphatic rings. The maximum absolute atomic E-state index is 12.5. The third kappa shape index (κ3) is 5.31. The summed E-state index contributed by atoms with van der Waals surface area (Å²) in [6.07, 6.45) is 1.13. The van der Waals surface area contributed by atoms with Gasteiger partial charge in [0, 0.05) is 18.0 Å². The molecule has 4 rings (SSSR count). The predicted molar refractivity (Wildman–Crippen MR) is 125 cm³/mol. The molecule has 2 aromatic carbocycles. The molecule has 3 aromatic rings. The highest BCUT2D eigenvalue weighted by molar-refractivity contribution is 7.99. The number of rotatable bonds is 8. The SMILES string of the molecule is COc1ccc(OCc2nnc(SCC(=O)N3CCCC3=O)n2-c2ccc(C)c(Cl)c2)cc1. The average Bonchev–Trinajstić information content (AvgIpc) is 3.44. The first-order chi connectivity index (χ1) is 16.0. The Hall–Kier alpha value is -3.04. The van der Waals surface area contributed by atoms with Crippen molar-refractivity contribution in [3.63, 3.8) is 0 Å². The maximum Gasteiger partial charge on any atom is 0.239 e. The Morgan fingerprint density at radius 3 is 2.58 bits per heavy atom. The highest BCUT2D eigenvalue weighted by Gasteiger charge is 2.27. The number of benzene rings is 2. The van der Waals surface area contributed by atoms with E-state index in [0.29, 0.717) is 41.1 Å². The summed E-state index contributed by atoms with van der Waals surface area (Å²) in [5.41, 5.74) is 1.71. The van der Waals surface area contributed by atoms with E-state index in [1.54, 1.807) is 7.11 Å². The lowest BCUT2D eigenvalue weighted by atomic mass is 10.2. The Bertz CT molecular complexity index is 1170. The Morgan fingerprint density at radius 1 is 1.15 bits per heavy atom. The number of hydrogen-bond acceptors (Lipinski definition) is 7. The third-order valence-corrected chi connectivity index (χ3v) is 6.56. The highest BCUT2D eigenvalue weighted by Crippen LogP contribution is 2.27. The first-order valence-corrected chi connectivity index (χ1v) is 11.8. The lowest BCUT2D eigenvalue weighted by Gasteiger charge is -2.14. The summed E-state index contributed by atoms with van der Waals surface area (Å²) >= 11 is 7.59. The summed E-state index contributed by atoms with van der Waals surface area (Å²) in [5.74, 6) is 1.68. The van der Waals surface area contributed by atoms with E-state index >= 15 is 0 Å². The molecular weight excluding hydrogens is 464 g/mol. The summed E-state index contributed by atoms with van der Waals surface area (Å²) in [5, 5.41) is 9.70. The number of methoxy groups -OCH3 is 1. The highest BCUT2D eigenvalue weighted by atomic mass is 35.5. The second-order valence-electron chi connectivity index (χ2n) is 7.46. The molecule has 0 aliphatic carbocycles.